The van der Waals surface area contributed by atoms with Gasteiger partial charge < -0.3 is 19.5 Å². The summed E-state index contributed by atoms with van der Waals surface area (Å²) < 4.78 is 17.0. The van der Waals surface area contributed by atoms with Crippen molar-refractivity contribution in [3.63, 3.8) is 0 Å². The molecule has 1 amide bonds. The summed E-state index contributed by atoms with van der Waals surface area (Å²) in [5.41, 5.74) is 0.595. The van der Waals surface area contributed by atoms with E-state index in [4.69, 9.17) is 14.2 Å². The van der Waals surface area contributed by atoms with E-state index < -0.39 is 0 Å². The second-order valence-corrected chi connectivity index (χ2v) is 6.99. The number of rotatable bonds is 9. The van der Waals surface area contributed by atoms with Crippen molar-refractivity contribution in [1.29, 1.82) is 0 Å². The Kier molecular flexibility index (Phi) is 7.94. The molecular formula is C18H20BrNO4S. The van der Waals surface area contributed by atoms with E-state index in [1.54, 1.807) is 32.4 Å². The Morgan fingerprint density at radius 2 is 1.96 bits per heavy atom. The van der Waals surface area contributed by atoms with Crippen LogP contribution in [0.5, 0.6) is 17.2 Å². The first-order chi connectivity index (χ1) is 12.1. The van der Waals surface area contributed by atoms with Gasteiger partial charge in [0, 0.05) is 16.3 Å². The molecule has 1 N–H and O–H groups in total. The first-order valence-electron chi connectivity index (χ1n) is 7.60. The van der Waals surface area contributed by atoms with Crippen molar-refractivity contribution in [3.8, 4) is 17.2 Å². The molecule has 0 saturated carbocycles. The van der Waals surface area contributed by atoms with Gasteiger partial charge in [0.05, 0.1) is 32.3 Å². The van der Waals surface area contributed by atoms with E-state index in [1.807, 2.05) is 24.3 Å². The maximum atomic E-state index is 12.1. The lowest BCUT2D eigenvalue weighted by Gasteiger charge is -2.11. The molecule has 25 heavy (non-hydrogen) atoms. The van der Waals surface area contributed by atoms with Gasteiger partial charge in [0.1, 0.15) is 17.2 Å². The van der Waals surface area contributed by atoms with Crippen LogP contribution in [-0.2, 0) is 4.79 Å². The number of hydrogen-bond acceptors (Lipinski definition) is 5. The minimum atomic E-state index is -0.0981. The quantitative estimate of drug-likeness (QED) is 0.609. The number of benzene rings is 2. The zero-order valence-corrected chi connectivity index (χ0v) is 16.5. The van der Waals surface area contributed by atoms with Gasteiger partial charge in [-0.25, -0.2) is 0 Å². The number of anilines is 1. The van der Waals surface area contributed by atoms with Crippen LogP contribution in [0.25, 0.3) is 0 Å². The van der Waals surface area contributed by atoms with Gasteiger partial charge in [-0.2, -0.15) is 0 Å². The molecule has 0 aromatic heterocycles. The van der Waals surface area contributed by atoms with Crippen LogP contribution in [0.2, 0.25) is 0 Å². The summed E-state index contributed by atoms with van der Waals surface area (Å²) in [5.74, 6) is 3.01. The summed E-state index contributed by atoms with van der Waals surface area (Å²) in [6.07, 6.45) is 0. The maximum Gasteiger partial charge on any atom is 0.234 e. The van der Waals surface area contributed by atoms with Crippen LogP contribution in [0.1, 0.15) is 0 Å². The molecule has 0 aliphatic heterocycles. The molecule has 134 valence electrons. The predicted molar refractivity (Wildman–Crippen MR) is 105 cm³/mol. The lowest BCUT2D eigenvalue weighted by Crippen LogP contribution is -2.15. The molecule has 0 saturated heterocycles. The van der Waals surface area contributed by atoms with Crippen LogP contribution in [0.4, 0.5) is 5.69 Å². The van der Waals surface area contributed by atoms with Gasteiger partial charge in [-0.1, -0.05) is 22.0 Å². The van der Waals surface area contributed by atoms with Gasteiger partial charge >= 0.3 is 0 Å². The third kappa shape index (κ3) is 6.51. The van der Waals surface area contributed by atoms with Gasteiger partial charge in [-0.15, -0.1) is 11.8 Å². The number of nitrogens with one attached hydrogen (secondary N) is 1. The van der Waals surface area contributed by atoms with E-state index in [0.29, 0.717) is 29.5 Å². The standard InChI is InChI=1S/C18H20BrNO4S/c1-22-14-6-7-17(23-2)16(11-14)20-18(21)12-25-9-8-24-15-5-3-4-13(19)10-15/h3-7,10-11H,8-9,12H2,1-2H3,(H,20,21). The summed E-state index contributed by atoms with van der Waals surface area (Å²) in [6.45, 7) is 0.539. The number of halogens is 1. The number of methoxy groups -OCH3 is 2. The fourth-order valence-corrected chi connectivity index (χ4v) is 3.02. The lowest BCUT2D eigenvalue weighted by atomic mass is 10.2. The Hall–Kier alpha value is -1.86. The van der Waals surface area contributed by atoms with E-state index in [0.717, 1.165) is 16.0 Å². The van der Waals surface area contributed by atoms with Gasteiger partial charge in [-0.05, 0) is 30.3 Å². The average Bonchev–Trinajstić information content (AvgIpc) is 2.61. The Morgan fingerprint density at radius 1 is 1.12 bits per heavy atom. The minimum Gasteiger partial charge on any atom is -0.497 e. The van der Waals surface area contributed by atoms with E-state index in [9.17, 15) is 4.79 Å². The maximum absolute atomic E-state index is 12.1. The van der Waals surface area contributed by atoms with Crippen molar-refractivity contribution < 1.29 is 19.0 Å². The van der Waals surface area contributed by atoms with Crippen LogP contribution in [0, 0.1) is 0 Å². The van der Waals surface area contributed by atoms with Crippen LogP contribution in [-0.4, -0.2) is 38.2 Å². The van der Waals surface area contributed by atoms with Crippen LogP contribution in [0.3, 0.4) is 0 Å². The van der Waals surface area contributed by atoms with Crippen molar-refractivity contribution in [1.82, 2.24) is 0 Å². The van der Waals surface area contributed by atoms with Gasteiger partial charge in [0.2, 0.25) is 5.91 Å². The smallest absolute Gasteiger partial charge is 0.234 e. The van der Waals surface area contributed by atoms with Crippen LogP contribution >= 0.6 is 27.7 Å². The molecule has 0 unspecified atom stereocenters. The summed E-state index contributed by atoms with van der Waals surface area (Å²) in [6, 6.07) is 12.9. The number of amides is 1. The third-order valence-electron chi connectivity index (χ3n) is 3.21. The van der Waals surface area contributed by atoms with Crippen molar-refractivity contribution in [3.05, 3.63) is 46.9 Å². The monoisotopic (exact) mass is 425 g/mol. The van der Waals surface area contributed by atoms with E-state index in [1.165, 1.54) is 11.8 Å². The molecule has 2 aromatic rings. The SMILES string of the molecule is COc1ccc(OC)c(NC(=O)CSCCOc2cccc(Br)c2)c1. The highest BCUT2D eigenvalue weighted by molar-refractivity contribution is 9.10. The van der Waals surface area contributed by atoms with Crippen LogP contribution < -0.4 is 19.5 Å². The van der Waals surface area contributed by atoms with E-state index >= 15 is 0 Å². The molecule has 2 aromatic carbocycles. The molecule has 0 bridgehead atoms. The Labute approximate surface area is 160 Å². The first kappa shape index (κ1) is 19.5. The van der Waals surface area contributed by atoms with Gasteiger partial charge in [0.15, 0.2) is 0 Å². The normalized spacial score (nSPS) is 10.2. The molecule has 0 spiro atoms. The number of carbonyl (C=O) groups excluding carboxylic acids is 1. The molecular weight excluding hydrogens is 406 g/mol. The van der Waals surface area contributed by atoms with Crippen molar-refractivity contribution in [2.75, 3.05) is 37.6 Å². The first-order valence-corrected chi connectivity index (χ1v) is 9.55. The molecule has 0 heterocycles. The molecule has 0 atom stereocenters. The van der Waals surface area contributed by atoms with Crippen molar-refractivity contribution >= 4 is 39.3 Å². The molecule has 0 fully saturated rings. The van der Waals surface area contributed by atoms with Crippen molar-refractivity contribution in [2.24, 2.45) is 0 Å². The summed E-state index contributed by atoms with van der Waals surface area (Å²) >= 11 is 4.91. The highest BCUT2D eigenvalue weighted by Crippen LogP contribution is 2.29. The Balaban J connectivity index is 1.74. The zero-order chi connectivity index (χ0) is 18.1. The molecule has 7 heteroatoms. The van der Waals surface area contributed by atoms with Crippen LogP contribution in [0.15, 0.2) is 46.9 Å². The Bertz CT molecular complexity index is 711. The van der Waals surface area contributed by atoms with Crippen molar-refractivity contribution in [2.45, 2.75) is 0 Å². The number of carbonyl (C=O) groups is 1. The average molecular weight is 426 g/mol. The minimum absolute atomic E-state index is 0.0981. The molecule has 0 aliphatic rings. The highest BCUT2D eigenvalue weighted by atomic mass is 79.9. The molecule has 0 radical (unpaired) electrons. The summed E-state index contributed by atoms with van der Waals surface area (Å²) in [5, 5.41) is 2.84. The zero-order valence-electron chi connectivity index (χ0n) is 14.1. The molecule has 2 rings (SSSR count). The number of thioether (sulfide) groups is 1. The summed E-state index contributed by atoms with van der Waals surface area (Å²) in [4.78, 5) is 12.1. The molecule has 5 nitrogen and oxygen atoms in total. The lowest BCUT2D eigenvalue weighted by molar-refractivity contribution is -0.113. The summed E-state index contributed by atoms with van der Waals surface area (Å²) in [7, 11) is 3.14. The second kappa shape index (κ2) is 10.2. The largest absolute Gasteiger partial charge is 0.497 e. The van der Waals surface area contributed by atoms with E-state index in [-0.39, 0.29) is 5.91 Å². The predicted octanol–water partition coefficient (Wildman–Crippen LogP) is 4.22. The Morgan fingerprint density at radius 3 is 2.68 bits per heavy atom. The fraction of sp³-hybridized carbons (Fsp3) is 0.278. The highest BCUT2D eigenvalue weighted by Gasteiger charge is 2.09. The number of ether oxygens (including phenoxy) is 3. The van der Waals surface area contributed by atoms with E-state index in [2.05, 4.69) is 21.2 Å². The second-order valence-electron chi connectivity index (χ2n) is 4.97. The fourth-order valence-electron chi connectivity index (χ4n) is 2.04. The topological polar surface area (TPSA) is 56.8 Å². The molecule has 0 aliphatic carbocycles. The van der Waals surface area contributed by atoms with Gasteiger partial charge in [-0.3, -0.25) is 4.79 Å². The van der Waals surface area contributed by atoms with Gasteiger partial charge in [0.25, 0.3) is 0 Å². The number of hydrogen-bond donors (Lipinski definition) is 1. The third-order valence-corrected chi connectivity index (χ3v) is 4.62.